The van der Waals surface area contributed by atoms with Crippen LogP contribution in [0.4, 0.5) is 10.1 Å². The van der Waals surface area contributed by atoms with Crippen LogP contribution in [0.2, 0.25) is 0 Å². The molecule has 0 spiro atoms. The van der Waals surface area contributed by atoms with Crippen LogP contribution in [0.5, 0.6) is 5.75 Å². The van der Waals surface area contributed by atoms with E-state index in [1.807, 2.05) is 6.07 Å². The molecule has 0 saturated heterocycles. The predicted molar refractivity (Wildman–Crippen MR) is 73.8 cm³/mol. The maximum atomic E-state index is 13.8. The van der Waals surface area contributed by atoms with Gasteiger partial charge in [0.05, 0.1) is 0 Å². The third kappa shape index (κ3) is 3.65. The van der Waals surface area contributed by atoms with E-state index in [0.717, 1.165) is 11.6 Å². The molecule has 20 heavy (non-hydrogen) atoms. The number of nitrogens with zero attached hydrogens (tertiary/aromatic N) is 1. The molecule has 1 aromatic heterocycles. The monoisotopic (exact) mass is 272 g/mol. The molecule has 1 heterocycles. The van der Waals surface area contributed by atoms with Gasteiger partial charge in [0.25, 0.3) is 0 Å². The summed E-state index contributed by atoms with van der Waals surface area (Å²) >= 11 is 0. The van der Waals surface area contributed by atoms with Gasteiger partial charge in [0.1, 0.15) is 6.61 Å². The van der Waals surface area contributed by atoms with Gasteiger partial charge in [-0.1, -0.05) is 12.6 Å². The van der Waals surface area contributed by atoms with Crippen LogP contribution in [-0.4, -0.2) is 10.9 Å². The third-order valence-electron chi connectivity index (χ3n) is 2.50. The van der Waals surface area contributed by atoms with Crippen molar-refractivity contribution in [2.75, 3.05) is 5.32 Å². The Kier molecular flexibility index (Phi) is 4.44. The summed E-state index contributed by atoms with van der Waals surface area (Å²) in [6.07, 6.45) is 4.42. The Morgan fingerprint density at radius 2 is 2.30 bits per heavy atom. The van der Waals surface area contributed by atoms with Gasteiger partial charge >= 0.3 is 0 Å². The van der Waals surface area contributed by atoms with Crippen molar-refractivity contribution in [2.45, 2.75) is 6.61 Å². The standard InChI is InChI=1S/C15H13FN2O2/c1-2-15(19)18-12-5-6-14(13(16)8-12)20-10-11-4-3-7-17-9-11/h2-9H,1,10H2,(H,18,19). The van der Waals surface area contributed by atoms with Gasteiger partial charge in [0.15, 0.2) is 11.6 Å². The first-order valence-electron chi connectivity index (χ1n) is 5.93. The maximum Gasteiger partial charge on any atom is 0.247 e. The molecule has 0 saturated carbocycles. The number of nitrogens with one attached hydrogen (secondary N) is 1. The predicted octanol–water partition coefficient (Wildman–Crippen LogP) is 2.92. The van der Waals surface area contributed by atoms with Crippen LogP contribution in [0.3, 0.4) is 0 Å². The number of amides is 1. The Balaban J connectivity index is 2.02. The average Bonchev–Trinajstić information content (AvgIpc) is 2.47. The van der Waals surface area contributed by atoms with Crippen LogP contribution in [0.25, 0.3) is 0 Å². The molecule has 5 heteroatoms. The van der Waals surface area contributed by atoms with Gasteiger partial charge in [-0.15, -0.1) is 0 Å². The number of ether oxygens (including phenoxy) is 1. The molecule has 102 valence electrons. The number of hydrogen-bond acceptors (Lipinski definition) is 3. The second kappa shape index (κ2) is 6.47. The fourth-order valence-electron chi connectivity index (χ4n) is 1.53. The lowest BCUT2D eigenvalue weighted by molar-refractivity contribution is -0.111. The van der Waals surface area contributed by atoms with E-state index in [1.54, 1.807) is 24.5 Å². The van der Waals surface area contributed by atoms with Crippen LogP contribution < -0.4 is 10.1 Å². The lowest BCUT2D eigenvalue weighted by atomic mass is 10.2. The minimum Gasteiger partial charge on any atom is -0.486 e. The van der Waals surface area contributed by atoms with Crippen molar-refractivity contribution in [3.8, 4) is 5.75 Å². The van der Waals surface area contributed by atoms with Crippen molar-refractivity contribution in [1.82, 2.24) is 4.98 Å². The smallest absolute Gasteiger partial charge is 0.247 e. The topological polar surface area (TPSA) is 51.2 Å². The van der Waals surface area contributed by atoms with Crippen molar-refractivity contribution in [3.63, 3.8) is 0 Å². The lowest BCUT2D eigenvalue weighted by Crippen LogP contribution is -2.07. The van der Waals surface area contributed by atoms with E-state index < -0.39 is 11.7 Å². The van der Waals surface area contributed by atoms with Crippen molar-refractivity contribution >= 4 is 11.6 Å². The van der Waals surface area contributed by atoms with Gasteiger partial charge in [-0.2, -0.15) is 0 Å². The summed E-state index contributed by atoms with van der Waals surface area (Å²) in [6.45, 7) is 3.55. The summed E-state index contributed by atoms with van der Waals surface area (Å²) < 4.78 is 19.2. The molecule has 2 aromatic rings. The number of benzene rings is 1. The van der Waals surface area contributed by atoms with Gasteiger partial charge < -0.3 is 10.1 Å². The van der Waals surface area contributed by atoms with Crippen LogP contribution in [-0.2, 0) is 11.4 Å². The van der Waals surface area contributed by atoms with Crippen LogP contribution in [0, 0.1) is 5.82 Å². The van der Waals surface area contributed by atoms with Gasteiger partial charge in [-0.25, -0.2) is 4.39 Å². The third-order valence-corrected chi connectivity index (χ3v) is 2.50. The number of pyridine rings is 1. The lowest BCUT2D eigenvalue weighted by Gasteiger charge is -2.09. The Bertz CT molecular complexity index is 615. The van der Waals surface area contributed by atoms with E-state index in [4.69, 9.17) is 4.74 Å². The number of carbonyl (C=O) groups is 1. The first-order chi connectivity index (χ1) is 9.69. The second-order valence-corrected chi connectivity index (χ2v) is 3.99. The van der Waals surface area contributed by atoms with E-state index in [-0.39, 0.29) is 12.4 Å². The van der Waals surface area contributed by atoms with Crippen molar-refractivity contribution < 1.29 is 13.9 Å². The van der Waals surface area contributed by atoms with E-state index in [1.165, 1.54) is 12.1 Å². The number of hydrogen-bond donors (Lipinski definition) is 1. The molecular weight excluding hydrogens is 259 g/mol. The molecule has 2 rings (SSSR count). The van der Waals surface area contributed by atoms with Gasteiger partial charge in [0.2, 0.25) is 5.91 Å². The van der Waals surface area contributed by atoms with E-state index in [2.05, 4.69) is 16.9 Å². The summed E-state index contributed by atoms with van der Waals surface area (Å²) in [6, 6.07) is 7.83. The molecule has 0 aliphatic rings. The number of halogens is 1. The molecular formula is C15H13FN2O2. The van der Waals surface area contributed by atoms with E-state index >= 15 is 0 Å². The Morgan fingerprint density at radius 3 is 2.95 bits per heavy atom. The normalized spacial score (nSPS) is 9.85. The summed E-state index contributed by atoms with van der Waals surface area (Å²) in [5, 5.41) is 2.47. The van der Waals surface area contributed by atoms with E-state index in [0.29, 0.717) is 5.69 Å². The first kappa shape index (κ1) is 13.7. The van der Waals surface area contributed by atoms with E-state index in [9.17, 15) is 9.18 Å². The van der Waals surface area contributed by atoms with Crippen LogP contribution in [0.15, 0.2) is 55.4 Å². The minimum absolute atomic E-state index is 0.116. The van der Waals surface area contributed by atoms with Crippen molar-refractivity contribution in [3.05, 3.63) is 66.8 Å². The molecule has 0 aliphatic heterocycles. The quantitative estimate of drug-likeness (QED) is 0.851. The molecule has 1 N–H and O–H groups in total. The molecule has 0 unspecified atom stereocenters. The summed E-state index contributed by atoms with van der Waals surface area (Å²) in [5.41, 5.74) is 1.19. The summed E-state index contributed by atoms with van der Waals surface area (Å²) in [5.74, 6) is -0.824. The van der Waals surface area contributed by atoms with Gasteiger partial charge in [0, 0.05) is 29.7 Å². The largest absolute Gasteiger partial charge is 0.486 e. The molecule has 1 aromatic carbocycles. The van der Waals surface area contributed by atoms with Crippen LogP contribution >= 0.6 is 0 Å². The highest BCUT2D eigenvalue weighted by atomic mass is 19.1. The number of aromatic nitrogens is 1. The SMILES string of the molecule is C=CC(=O)Nc1ccc(OCc2cccnc2)c(F)c1. The van der Waals surface area contributed by atoms with Gasteiger partial charge in [-0.3, -0.25) is 9.78 Å². The molecule has 0 radical (unpaired) electrons. The molecule has 0 atom stereocenters. The average molecular weight is 272 g/mol. The molecule has 4 nitrogen and oxygen atoms in total. The highest BCUT2D eigenvalue weighted by Crippen LogP contribution is 2.22. The molecule has 0 aliphatic carbocycles. The zero-order chi connectivity index (χ0) is 14.4. The zero-order valence-electron chi connectivity index (χ0n) is 10.7. The zero-order valence-corrected chi connectivity index (χ0v) is 10.7. The fourth-order valence-corrected chi connectivity index (χ4v) is 1.53. The van der Waals surface area contributed by atoms with Crippen molar-refractivity contribution in [1.29, 1.82) is 0 Å². The Labute approximate surface area is 115 Å². The molecule has 0 fully saturated rings. The Hall–Kier alpha value is -2.69. The van der Waals surface area contributed by atoms with Crippen LogP contribution in [0.1, 0.15) is 5.56 Å². The fraction of sp³-hybridized carbons (Fsp3) is 0.0667. The number of rotatable bonds is 5. The maximum absolute atomic E-state index is 13.8. The number of anilines is 1. The minimum atomic E-state index is -0.546. The summed E-state index contributed by atoms with van der Waals surface area (Å²) in [4.78, 5) is 15.0. The molecule has 1 amide bonds. The second-order valence-electron chi connectivity index (χ2n) is 3.99. The highest BCUT2D eigenvalue weighted by molar-refractivity contribution is 5.98. The van der Waals surface area contributed by atoms with Gasteiger partial charge in [-0.05, 0) is 24.3 Å². The Morgan fingerprint density at radius 1 is 1.45 bits per heavy atom. The highest BCUT2D eigenvalue weighted by Gasteiger charge is 2.06. The first-order valence-corrected chi connectivity index (χ1v) is 5.93. The van der Waals surface area contributed by atoms with Crippen molar-refractivity contribution in [2.24, 2.45) is 0 Å². The number of carbonyl (C=O) groups excluding carboxylic acids is 1. The summed E-state index contributed by atoms with van der Waals surface area (Å²) in [7, 11) is 0. The molecule has 0 bridgehead atoms.